The Morgan fingerprint density at radius 2 is 2.13 bits per heavy atom. The van der Waals surface area contributed by atoms with E-state index in [4.69, 9.17) is 5.11 Å². The molecule has 1 aromatic rings. The van der Waals surface area contributed by atoms with Crippen LogP contribution in [-0.4, -0.2) is 50.9 Å². The number of nitrogens with zero attached hydrogens (tertiary/aromatic N) is 3. The molecule has 2 heterocycles. The van der Waals surface area contributed by atoms with Crippen molar-refractivity contribution >= 4 is 12.0 Å². The topological polar surface area (TPSA) is 87.5 Å². The summed E-state index contributed by atoms with van der Waals surface area (Å²) in [5.41, 5.74) is 3.24. The summed E-state index contributed by atoms with van der Waals surface area (Å²) < 4.78 is 1.85. The number of nitrogens with one attached hydrogen (secondary N) is 1. The van der Waals surface area contributed by atoms with Gasteiger partial charge in [0.15, 0.2) is 0 Å². The maximum absolute atomic E-state index is 12.3. The minimum Gasteiger partial charge on any atom is -0.481 e. The molecule has 1 fully saturated rings. The van der Waals surface area contributed by atoms with Crippen LogP contribution < -0.4 is 5.32 Å². The quantitative estimate of drug-likeness (QED) is 0.879. The molecule has 128 valence electrons. The maximum atomic E-state index is 12.3. The van der Waals surface area contributed by atoms with Gasteiger partial charge in [0.25, 0.3) is 0 Å². The Morgan fingerprint density at radius 3 is 2.70 bits per heavy atom. The van der Waals surface area contributed by atoms with Crippen molar-refractivity contribution in [1.29, 1.82) is 0 Å². The highest BCUT2D eigenvalue weighted by Crippen LogP contribution is 2.17. The molecule has 7 nitrogen and oxygen atoms in total. The Morgan fingerprint density at radius 1 is 1.43 bits per heavy atom. The molecule has 0 saturated carbocycles. The first kappa shape index (κ1) is 17.3. The summed E-state index contributed by atoms with van der Waals surface area (Å²) in [6.45, 7) is 6.86. The third kappa shape index (κ3) is 4.03. The fraction of sp³-hybridized carbons (Fsp3) is 0.688. The molecule has 0 aliphatic carbocycles. The zero-order valence-corrected chi connectivity index (χ0v) is 14.3. The average molecular weight is 322 g/mol. The summed E-state index contributed by atoms with van der Waals surface area (Å²) >= 11 is 0. The summed E-state index contributed by atoms with van der Waals surface area (Å²) in [6.07, 6.45) is 2.09. The number of urea groups is 1. The number of amides is 2. The fourth-order valence-corrected chi connectivity index (χ4v) is 3.14. The number of carbonyl (C=O) groups is 2. The minimum atomic E-state index is -0.822. The lowest BCUT2D eigenvalue weighted by atomic mass is 9.98. The van der Waals surface area contributed by atoms with Gasteiger partial charge < -0.3 is 15.3 Å². The number of hydrogen-bond acceptors (Lipinski definition) is 3. The lowest BCUT2D eigenvalue weighted by molar-refractivity contribution is -0.143. The van der Waals surface area contributed by atoms with E-state index < -0.39 is 11.9 Å². The van der Waals surface area contributed by atoms with E-state index in [1.165, 1.54) is 0 Å². The first-order chi connectivity index (χ1) is 10.8. The van der Waals surface area contributed by atoms with Crippen molar-refractivity contribution in [3.63, 3.8) is 0 Å². The van der Waals surface area contributed by atoms with Gasteiger partial charge in [0.1, 0.15) is 0 Å². The Labute approximate surface area is 136 Å². The van der Waals surface area contributed by atoms with Gasteiger partial charge in [-0.1, -0.05) is 0 Å². The molecule has 1 aromatic heterocycles. The number of aliphatic carboxylic acids is 1. The Balaban J connectivity index is 1.93. The van der Waals surface area contributed by atoms with Gasteiger partial charge in [0, 0.05) is 31.9 Å². The summed E-state index contributed by atoms with van der Waals surface area (Å²) in [6, 6.07) is -0.211. The first-order valence-electron chi connectivity index (χ1n) is 8.07. The van der Waals surface area contributed by atoms with E-state index in [0.717, 1.165) is 23.4 Å². The smallest absolute Gasteiger partial charge is 0.317 e. The van der Waals surface area contributed by atoms with Crippen molar-refractivity contribution in [3.05, 3.63) is 17.0 Å². The molecule has 2 atom stereocenters. The van der Waals surface area contributed by atoms with Crippen molar-refractivity contribution in [2.24, 2.45) is 13.0 Å². The zero-order chi connectivity index (χ0) is 17.1. The van der Waals surface area contributed by atoms with Crippen molar-refractivity contribution in [3.8, 4) is 0 Å². The zero-order valence-electron chi connectivity index (χ0n) is 14.3. The maximum Gasteiger partial charge on any atom is 0.317 e. The van der Waals surface area contributed by atoms with Crippen LogP contribution in [0, 0.1) is 19.8 Å². The summed E-state index contributed by atoms with van der Waals surface area (Å²) in [7, 11) is 1.91. The number of rotatable bonds is 4. The number of piperidine rings is 1. The number of carboxylic acids is 1. The number of carbonyl (C=O) groups excluding carboxylic acids is 1. The highest BCUT2D eigenvalue weighted by Gasteiger charge is 2.28. The molecule has 2 rings (SSSR count). The highest BCUT2D eigenvalue weighted by atomic mass is 16.4. The third-order valence-corrected chi connectivity index (χ3v) is 4.60. The molecule has 1 aliphatic rings. The van der Waals surface area contributed by atoms with Gasteiger partial charge in [0.2, 0.25) is 0 Å². The Bertz CT molecular complexity index is 596. The molecular weight excluding hydrogens is 296 g/mol. The van der Waals surface area contributed by atoms with Gasteiger partial charge in [-0.15, -0.1) is 0 Å². The normalized spacial score (nSPS) is 19.5. The molecule has 1 saturated heterocycles. The molecule has 2 amide bonds. The second-order valence-electron chi connectivity index (χ2n) is 6.45. The van der Waals surface area contributed by atoms with Gasteiger partial charge in [-0.2, -0.15) is 5.10 Å². The van der Waals surface area contributed by atoms with Gasteiger partial charge >= 0.3 is 12.0 Å². The van der Waals surface area contributed by atoms with Crippen LogP contribution in [0.2, 0.25) is 0 Å². The van der Waals surface area contributed by atoms with Crippen molar-refractivity contribution in [2.75, 3.05) is 13.1 Å². The SMILES string of the molecule is Cc1nn(C)c(C)c1CC(C)NC(=O)N1CCCC(C(=O)O)C1. The molecule has 7 heteroatoms. The standard InChI is InChI=1S/C16H26N4O3/c1-10(8-14-11(2)18-19(4)12(14)3)17-16(23)20-7-5-6-13(9-20)15(21)22/h10,13H,5-9H2,1-4H3,(H,17,23)(H,21,22). The highest BCUT2D eigenvalue weighted by molar-refractivity contribution is 5.76. The van der Waals surface area contributed by atoms with E-state index in [2.05, 4.69) is 10.4 Å². The van der Waals surface area contributed by atoms with Crippen molar-refractivity contribution in [2.45, 2.75) is 46.1 Å². The molecule has 0 aromatic carbocycles. The molecule has 0 spiro atoms. The summed E-state index contributed by atoms with van der Waals surface area (Å²) in [4.78, 5) is 25.1. The number of aryl methyl sites for hydroxylation is 2. The Hall–Kier alpha value is -2.05. The third-order valence-electron chi connectivity index (χ3n) is 4.60. The largest absolute Gasteiger partial charge is 0.481 e. The van der Waals surface area contributed by atoms with Crippen molar-refractivity contribution < 1.29 is 14.7 Å². The summed E-state index contributed by atoms with van der Waals surface area (Å²) in [5, 5.41) is 16.5. The van der Waals surface area contributed by atoms with E-state index in [1.807, 2.05) is 32.5 Å². The molecule has 0 bridgehead atoms. The van der Waals surface area contributed by atoms with Crippen LogP contribution in [0.5, 0.6) is 0 Å². The van der Waals surface area contributed by atoms with Crippen molar-refractivity contribution in [1.82, 2.24) is 20.0 Å². The van der Waals surface area contributed by atoms with Gasteiger partial charge in [-0.05, 0) is 45.6 Å². The summed E-state index contributed by atoms with van der Waals surface area (Å²) in [5.74, 6) is -1.27. The lowest BCUT2D eigenvalue weighted by Gasteiger charge is -2.31. The van der Waals surface area contributed by atoms with Crippen LogP contribution in [0.15, 0.2) is 0 Å². The predicted molar refractivity (Wildman–Crippen MR) is 86.3 cm³/mol. The van der Waals surface area contributed by atoms with Crippen LogP contribution in [0.25, 0.3) is 0 Å². The number of likely N-dealkylation sites (tertiary alicyclic amines) is 1. The molecule has 2 N–H and O–H groups in total. The van der Waals surface area contributed by atoms with Crippen LogP contribution >= 0.6 is 0 Å². The van der Waals surface area contributed by atoms with E-state index in [1.54, 1.807) is 4.90 Å². The van der Waals surface area contributed by atoms with E-state index in [0.29, 0.717) is 25.9 Å². The second-order valence-corrected chi connectivity index (χ2v) is 6.45. The van der Waals surface area contributed by atoms with Crippen LogP contribution in [0.4, 0.5) is 4.79 Å². The fourth-order valence-electron chi connectivity index (χ4n) is 3.14. The van der Waals surface area contributed by atoms with E-state index in [-0.39, 0.29) is 12.1 Å². The number of carboxylic acid groups (broad SMARTS) is 1. The van der Waals surface area contributed by atoms with Crippen LogP contribution in [0.1, 0.15) is 36.7 Å². The Kier molecular flexibility index (Phi) is 5.28. The molecular formula is C16H26N4O3. The van der Waals surface area contributed by atoms with Gasteiger partial charge in [-0.25, -0.2) is 4.79 Å². The second kappa shape index (κ2) is 7.02. The van der Waals surface area contributed by atoms with Crippen LogP contribution in [-0.2, 0) is 18.3 Å². The predicted octanol–water partition coefficient (Wildman–Crippen LogP) is 1.47. The van der Waals surface area contributed by atoms with E-state index in [9.17, 15) is 9.59 Å². The first-order valence-corrected chi connectivity index (χ1v) is 8.07. The lowest BCUT2D eigenvalue weighted by Crippen LogP contribution is -2.49. The van der Waals surface area contributed by atoms with Gasteiger partial charge in [-0.3, -0.25) is 9.48 Å². The molecule has 0 radical (unpaired) electrons. The average Bonchev–Trinajstić information content (AvgIpc) is 2.73. The molecule has 2 unspecified atom stereocenters. The van der Waals surface area contributed by atoms with Crippen LogP contribution in [0.3, 0.4) is 0 Å². The number of aromatic nitrogens is 2. The molecule has 1 aliphatic heterocycles. The van der Waals surface area contributed by atoms with E-state index >= 15 is 0 Å². The minimum absolute atomic E-state index is 0.0331. The monoisotopic (exact) mass is 322 g/mol. The molecule has 23 heavy (non-hydrogen) atoms. The number of hydrogen-bond donors (Lipinski definition) is 2. The van der Waals surface area contributed by atoms with Gasteiger partial charge in [0.05, 0.1) is 11.6 Å².